The molecular formula is C13H16ClFN2. The second-order valence-electron chi connectivity index (χ2n) is 5.12. The van der Waals surface area contributed by atoms with Crippen molar-refractivity contribution in [3.63, 3.8) is 0 Å². The molecule has 0 radical (unpaired) electrons. The number of hydrogen-bond acceptors (Lipinski definition) is 2. The third-order valence-electron chi connectivity index (χ3n) is 3.97. The fourth-order valence-electron chi connectivity index (χ4n) is 3.29. The van der Waals surface area contributed by atoms with Crippen molar-refractivity contribution in [3.05, 3.63) is 29.0 Å². The first-order chi connectivity index (χ1) is 8.15. The lowest BCUT2D eigenvalue weighted by Crippen LogP contribution is -2.47. The van der Waals surface area contributed by atoms with Crippen LogP contribution < -0.4 is 10.6 Å². The van der Waals surface area contributed by atoms with Gasteiger partial charge in [0.05, 0.1) is 5.02 Å². The zero-order chi connectivity index (χ0) is 12.0. The molecule has 2 heterocycles. The Morgan fingerprint density at radius 2 is 1.88 bits per heavy atom. The van der Waals surface area contributed by atoms with Gasteiger partial charge in [-0.2, -0.15) is 0 Å². The number of anilines is 1. The van der Waals surface area contributed by atoms with Crippen molar-refractivity contribution in [2.75, 3.05) is 4.90 Å². The molecule has 0 amide bonds. The minimum Gasteiger partial charge on any atom is -0.365 e. The Morgan fingerprint density at radius 3 is 2.47 bits per heavy atom. The standard InChI is InChI=1S/C13H16ClFN2/c14-12-7-11(3-4-13(12)15)17-9-1-2-10(17)6-8(16)5-9/h3-4,7-10H,1-2,5-6,16H2. The molecule has 1 aromatic rings. The highest BCUT2D eigenvalue weighted by atomic mass is 35.5. The highest BCUT2D eigenvalue weighted by Crippen LogP contribution is 2.39. The minimum absolute atomic E-state index is 0.205. The van der Waals surface area contributed by atoms with E-state index in [1.807, 2.05) is 6.07 Å². The van der Waals surface area contributed by atoms with E-state index in [2.05, 4.69) is 4.90 Å². The van der Waals surface area contributed by atoms with Gasteiger partial charge in [0.1, 0.15) is 5.82 Å². The van der Waals surface area contributed by atoms with Gasteiger partial charge in [-0.15, -0.1) is 0 Å². The average Bonchev–Trinajstić information content (AvgIpc) is 2.55. The van der Waals surface area contributed by atoms with Crippen molar-refractivity contribution in [1.82, 2.24) is 0 Å². The first-order valence-electron chi connectivity index (χ1n) is 6.14. The van der Waals surface area contributed by atoms with Crippen LogP contribution in [0.5, 0.6) is 0 Å². The maximum absolute atomic E-state index is 13.2. The maximum Gasteiger partial charge on any atom is 0.141 e. The van der Waals surface area contributed by atoms with Gasteiger partial charge >= 0.3 is 0 Å². The number of fused-ring (bicyclic) bond motifs is 2. The molecule has 3 rings (SSSR count). The number of rotatable bonds is 1. The maximum atomic E-state index is 13.2. The van der Waals surface area contributed by atoms with Crippen LogP contribution in [0.25, 0.3) is 0 Å². The molecule has 2 aliphatic rings. The van der Waals surface area contributed by atoms with Crippen molar-refractivity contribution in [1.29, 1.82) is 0 Å². The lowest BCUT2D eigenvalue weighted by molar-refractivity contribution is 0.414. The van der Waals surface area contributed by atoms with Crippen LogP contribution in [0.2, 0.25) is 5.02 Å². The molecule has 2 saturated heterocycles. The number of piperidine rings is 1. The van der Waals surface area contributed by atoms with E-state index < -0.39 is 0 Å². The minimum atomic E-state index is -0.350. The number of halogens is 2. The number of benzene rings is 1. The van der Waals surface area contributed by atoms with Crippen molar-refractivity contribution in [3.8, 4) is 0 Å². The second-order valence-corrected chi connectivity index (χ2v) is 5.53. The fraction of sp³-hybridized carbons (Fsp3) is 0.538. The summed E-state index contributed by atoms with van der Waals surface area (Å²) in [5, 5.41) is 0.205. The van der Waals surface area contributed by atoms with Gasteiger partial charge in [-0.25, -0.2) is 4.39 Å². The topological polar surface area (TPSA) is 29.3 Å². The molecule has 4 heteroatoms. The molecule has 1 aromatic carbocycles. The molecule has 2 unspecified atom stereocenters. The first-order valence-corrected chi connectivity index (χ1v) is 6.52. The van der Waals surface area contributed by atoms with E-state index in [-0.39, 0.29) is 10.8 Å². The lowest BCUT2D eigenvalue weighted by Gasteiger charge is -2.39. The van der Waals surface area contributed by atoms with Gasteiger partial charge in [0.2, 0.25) is 0 Å². The zero-order valence-corrected chi connectivity index (χ0v) is 10.3. The smallest absolute Gasteiger partial charge is 0.141 e. The highest BCUT2D eigenvalue weighted by molar-refractivity contribution is 6.31. The van der Waals surface area contributed by atoms with E-state index in [4.69, 9.17) is 17.3 Å². The van der Waals surface area contributed by atoms with Crippen LogP contribution >= 0.6 is 11.6 Å². The highest BCUT2D eigenvalue weighted by Gasteiger charge is 2.39. The third-order valence-corrected chi connectivity index (χ3v) is 4.26. The van der Waals surface area contributed by atoms with E-state index >= 15 is 0 Å². The van der Waals surface area contributed by atoms with Crippen molar-refractivity contribution < 1.29 is 4.39 Å². The van der Waals surface area contributed by atoms with Crippen LogP contribution in [-0.4, -0.2) is 18.1 Å². The molecule has 92 valence electrons. The first kappa shape index (κ1) is 11.3. The molecule has 2 N–H and O–H groups in total. The summed E-state index contributed by atoms with van der Waals surface area (Å²) in [6.07, 6.45) is 4.44. The summed E-state index contributed by atoms with van der Waals surface area (Å²) < 4.78 is 13.2. The van der Waals surface area contributed by atoms with Gasteiger partial charge < -0.3 is 10.6 Å². The van der Waals surface area contributed by atoms with E-state index in [0.717, 1.165) is 18.5 Å². The SMILES string of the molecule is NC1CC2CCC(C1)N2c1ccc(F)c(Cl)c1. The molecule has 2 fully saturated rings. The van der Waals surface area contributed by atoms with Crippen molar-refractivity contribution in [2.45, 2.75) is 43.8 Å². The zero-order valence-electron chi connectivity index (χ0n) is 9.57. The Labute approximate surface area is 106 Å². The predicted molar refractivity (Wildman–Crippen MR) is 67.9 cm³/mol. The fourth-order valence-corrected chi connectivity index (χ4v) is 3.46. The molecule has 2 nitrogen and oxygen atoms in total. The molecule has 2 aliphatic heterocycles. The van der Waals surface area contributed by atoms with Gasteiger partial charge in [0.15, 0.2) is 0 Å². The predicted octanol–water partition coefficient (Wildman–Crippen LogP) is 2.94. The van der Waals surface area contributed by atoms with Crippen LogP contribution in [0.15, 0.2) is 18.2 Å². The second kappa shape index (κ2) is 4.14. The van der Waals surface area contributed by atoms with Gasteiger partial charge in [0.25, 0.3) is 0 Å². The van der Waals surface area contributed by atoms with E-state index in [0.29, 0.717) is 18.1 Å². The molecule has 0 spiro atoms. The average molecular weight is 255 g/mol. The Hall–Kier alpha value is -0.800. The van der Waals surface area contributed by atoms with Crippen LogP contribution in [0.3, 0.4) is 0 Å². The van der Waals surface area contributed by atoms with Crippen molar-refractivity contribution in [2.24, 2.45) is 5.73 Å². The third kappa shape index (κ3) is 1.91. The van der Waals surface area contributed by atoms with Gasteiger partial charge in [-0.1, -0.05) is 11.6 Å². The number of nitrogens with zero attached hydrogens (tertiary/aromatic N) is 1. The molecule has 0 saturated carbocycles. The lowest BCUT2D eigenvalue weighted by atomic mass is 9.97. The molecule has 17 heavy (non-hydrogen) atoms. The van der Waals surface area contributed by atoms with Gasteiger partial charge in [-0.3, -0.25) is 0 Å². The Balaban J connectivity index is 1.92. The Morgan fingerprint density at radius 1 is 1.24 bits per heavy atom. The van der Waals surface area contributed by atoms with Crippen LogP contribution in [0.4, 0.5) is 10.1 Å². The van der Waals surface area contributed by atoms with Crippen LogP contribution in [0, 0.1) is 5.82 Å². The molecule has 0 aromatic heterocycles. The summed E-state index contributed by atoms with van der Waals surface area (Å²) in [6, 6.07) is 6.34. The summed E-state index contributed by atoms with van der Waals surface area (Å²) in [7, 11) is 0. The van der Waals surface area contributed by atoms with E-state index in [1.54, 1.807) is 6.07 Å². The molecule has 2 atom stereocenters. The van der Waals surface area contributed by atoms with Gasteiger partial charge in [-0.05, 0) is 43.9 Å². The molecular weight excluding hydrogens is 239 g/mol. The summed E-state index contributed by atoms with van der Waals surface area (Å²) in [5.41, 5.74) is 7.07. The largest absolute Gasteiger partial charge is 0.365 e. The van der Waals surface area contributed by atoms with E-state index in [1.165, 1.54) is 18.9 Å². The Kier molecular flexibility index (Phi) is 2.75. The van der Waals surface area contributed by atoms with Crippen LogP contribution in [0.1, 0.15) is 25.7 Å². The summed E-state index contributed by atoms with van der Waals surface area (Å²) in [4.78, 5) is 2.38. The summed E-state index contributed by atoms with van der Waals surface area (Å²) in [6.45, 7) is 0. The number of hydrogen-bond donors (Lipinski definition) is 1. The monoisotopic (exact) mass is 254 g/mol. The Bertz CT molecular complexity index is 423. The molecule has 0 aliphatic carbocycles. The van der Waals surface area contributed by atoms with Gasteiger partial charge in [0, 0.05) is 23.8 Å². The van der Waals surface area contributed by atoms with E-state index in [9.17, 15) is 4.39 Å². The van der Waals surface area contributed by atoms with Crippen LogP contribution in [-0.2, 0) is 0 Å². The normalized spacial score (nSPS) is 31.9. The molecule has 2 bridgehead atoms. The summed E-state index contributed by atoms with van der Waals surface area (Å²) >= 11 is 5.85. The van der Waals surface area contributed by atoms with Crippen molar-refractivity contribution >= 4 is 17.3 Å². The quantitative estimate of drug-likeness (QED) is 0.835. The number of nitrogens with two attached hydrogens (primary N) is 1. The summed E-state index contributed by atoms with van der Waals surface area (Å²) in [5.74, 6) is -0.350.